The molecule has 0 saturated heterocycles. The first kappa shape index (κ1) is 8.27. The van der Waals surface area contributed by atoms with E-state index in [4.69, 9.17) is 4.42 Å². The van der Waals surface area contributed by atoms with Crippen LogP contribution in [0.5, 0.6) is 0 Å². The van der Waals surface area contributed by atoms with Crippen LogP contribution in [0.2, 0.25) is 19.6 Å². The summed E-state index contributed by atoms with van der Waals surface area (Å²) >= 11 is 0. The molecule has 0 spiro atoms. The van der Waals surface area contributed by atoms with Gasteiger partial charge in [-0.2, -0.15) is 0 Å². The van der Waals surface area contributed by atoms with Crippen molar-refractivity contribution in [3.05, 3.63) is 28.6 Å². The van der Waals surface area contributed by atoms with Crippen LogP contribution >= 0.6 is 0 Å². The van der Waals surface area contributed by atoms with E-state index in [0.29, 0.717) is 0 Å². The van der Waals surface area contributed by atoms with Crippen molar-refractivity contribution >= 4 is 13.5 Å². The van der Waals surface area contributed by atoms with Gasteiger partial charge < -0.3 is 4.42 Å². The quantitative estimate of drug-likeness (QED) is 0.589. The maximum Gasteiger partial charge on any atom is 0.335 e. The molecule has 1 heterocycles. The molecule has 1 rings (SSSR count). The van der Waals surface area contributed by atoms with Crippen LogP contribution in [0.3, 0.4) is 0 Å². The number of hydrogen-bond acceptors (Lipinski definition) is 2. The Morgan fingerprint density at radius 1 is 1.27 bits per heavy atom. The van der Waals surface area contributed by atoms with E-state index in [2.05, 4.69) is 19.6 Å². The molecule has 1 aromatic rings. The molecule has 0 fully saturated rings. The van der Waals surface area contributed by atoms with Crippen molar-refractivity contribution in [2.45, 2.75) is 19.6 Å². The summed E-state index contributed by atoms with van der Waals surface area (Å²) < 4.78 is 5.05. The number of rotatable bonds is 1. The van der Waals surface area contributed by atoms with Crippen molar-refractivity contribution in [3.8, 4) is 0 Å². The third kappa shape index (κ3) is 2.05. The third-order valence-electron chi connectivity index (χ3n) is 1.43. The van der Waals surface area contributed by atoms with Crippen LogP contribution in [0.1, 0.15) is 0 Å². The summed E-state index contributed by atoms with van der Waals surface area (Å²) in [6, 6.07) is 5.07. The van der Waals surface area contributed by atoms with Gasteiger partial charge in [-0.05, 0) is 6.07 Å². The van der Waals surface area contributed by atoms with Crippen molar-refractivity contribution < 1.29 is 4.42 Å². The van der Waals surface area contributed by atoms with Gasteiger partial charge in [-0.15, -0.1) is 0 Å². The first-order valence-electron chi connectivity index (χ1n) is 3.61. The fourth-order valence-corrected chi connectivity index (χ4v) is 1.80. The molecule has 60 valence electrons. The van der Waals surface area contributed by atoms with Crippen LogP contribution in [0.25, 0.3) is 0 Å². The van der Waals surface area contributed by atoms with E-state index in [9.17, 15) is 4.79 Å². The minimum atomic E-state index is -1.43. The second-order valence-corrected chi connectivity index (χ2v) is 8.55. The van der Waals surface area contributed by atoms with Crippen LogP contribution < -0.4 is 11.0 Å². The molecular formula is C8H12O2Si. The average Bonchev–Trinajstić information content (AvgIpc) is 1.86. The first-order chi connectivity index (χ1) is 5.00. The fourth-order valence-electron chi connectivity index (χ4n) is 0.794. The fraction of sp³-hybridized carbons (Fsp3) is 0.375. The predicted octanol–water partition coefficient (Wildman–Crippen LogP) is 1.18. The molecular weight excluding hydrogens is 156 g/mol. The van der Waals surface area contributed by atoms with E-state index in [1.165, 1.54) is 6.07 Å². The van der Waals surface area contributed by atoms with E-state index in [0.717, 1.165) is 5.38 Å². The zero-order chi connectivity index (χ0) is 8.48. The van der Waals surface area contributed by atoms with Gasteiger partial charge in [0, 0.05) is 6.07 Å². The molecule has 2 nitrogen and oxygen atoms in total. The summed E-state index contributed by atoms with van der Waals surface area (Å²) in [5.41, 5.74) is -0.245. The lowest BCUT2D eigenvalue weighted by Crippen LogP contribution is -2.38. The van der Waals surface area contributed by atoms with Gasteiger partial charge in [0.1, 0.15) is 8.07 Å². The maximum atomic E-state index is 10.8. The van der Waals surface area contributed by atoms with E-state index >= 15 is 0 Å². The van der Waals surface area contributed by atoms with Crippen molar-refractivity contribution in [2.75, 3.05) is 0 Å². The van der Waals surface area contributed by atoms with Crippen molar-refractivity contribution in [3.63, 3.8) is 0 Å². The molecule has 3 heteroatoms. The van der Waals surface area contributed by atoms with E-state index < -0.39 is 8.07 Å². The highest BCUT2D eigenvalue weighted by atomic mass is 28.3. The van der Waals surface area contributed by atoms with E-state index in [-0.39, 0.29) is 5.63 Å². The summed E-state index contributed by atoms with van der Waals surface area (Å²) in [5, 5.41) is 0.866. The van der Waals surface area contributed by atoms with Crippen LogP contribution in [0, 0.1) is 0 Å². The summed E-state index contributed by atoms with van der Waals surface area (Å²) in [5.74, 6) is 0. The van der Waals surface area contributed by atoms with Crippen molar-refractivity contribution in [2.24, 2.45) is 0 Å². The lowest BCUT2D eigenvalue weighted by molar-refractivity contribution is 0.540. The Hall–Kier alpha value is -0.833. The van der Waals surface area contributed by atoms with Gasteiger partial charge in [-0.25, -0.2) is 4.79 Å². The molecule has 11 heavy (non-hydrogen) atoms. The first-order valence-corrected chi connectivity index (χ1v) is 7.11. The molecule has 0 aliphatic carbocycles. The summed E-state index contributed by atoms with van der Waals surface area (Å²) in [6.45, 7) is 6.43. The normalized spacial score (nSPS) is 11.5. The molecule has 0 aliphatic rings. The van der Waals surface area contributed by atoms with Gasteiger partial charge >= 0.3 is 5.63 Å². The highest BCUT2D eigenvalue weighted by Gasteiger charge is 2.19. The molecule has 1 aromatic heterocycles. The second kappa shape index (κ2) is 2.66. The molecule has 0 bridgehead atoms. The van der Waals surface area contributed by atoms with Gasteiger partial charge in [-0.1, -0.05) is 25.7 Å². The van der Waals surface area contributed by atoms with Crippen molar-refractivity contribution in [1.29, 1.82) is 0 Å². The molecule has 0 amide bonds. The third-order valence-corrected chi connectivity index (χ3v) is 3.18. The highest BCUT2D eigenvalue weighted by molar-refractivity contribution is 6.87. The minimum Gasteiger partial charge on any atom is -0.433 e. The summed E-state index contributed by atoms with van der Waals surface area (Å²) in [7, 11) is -1.43. The Labute approximate surface area is 66.9 Å². The van der Waals surface area contributed by atoms with Gasteiger partial charge in [0.05, 0.1) is 5.38 Å². The molecule has 0 N–H and O–H groups in total. The molecule has 0 unspecified atom stereocenters. The van der Waals surface area contributed by atoms with Crippen molar-refractivity contribution in [1.82, 2.24) is 0 Å². The average molecular weight is 168 g/mol. The smallest absolute Gasteiger partial charge is 0.335 e. The zero-order valence-corrected chi connectivity index (χ0v) is 8.05. The molecule has 0 atom stereocenters. The highest BCUT2D eigenvalue weighted by Crippen LogP contribution is 1.98. The van der Waals surface area contributed by atoms with Gasteiger partial charge in [0.2, 0.25) is 0 Å². The van der Waals surface area contributed by atoms with Gasteiger partial charge in [0.25, 0.3) is 0 Å². The van der Waals surface area contributed by atoms with Crippen LogP contribution in [-0.4, -0.2) is 8.07 Å². The standard InChI is InChI=1S/C8H12O2Si/c1-11(2,3)8-6-4-5-7(9)10-8/h4-6H,1-3H3. The molecule has 0 saturated carbocycles. The summed E-state index contributed by atoms with van der Waals surface area (Å²) in [6.07, 6.45) is 0. The Morgan fingerprint density at radius 2 is 1.91 bits per heavy atom. The Morgan fingerprint density at radius 3 is 2.27 bits per heavy atom. The van der Waals surface area contributed by atoms with Crippen LogP contribution in [0.15, 0.2) is 27.4 Å². The van der Waals surface area contributed by atoms with E-state index in [1.54, 1.807) is 6.07 Å². The minimum absolute atomic E-state index is 0.245. The van der Waals surface area contributed by atoms with Crippen LogP contribution in [0.4, 0.5) is 0 Å². The Kier molecular flexibility index (Phi) is 2.00. The summed E-state index contributed by atoms with van der Waals surface area (Å²) in [4.78, 5) is 10.8. The Bertz CT molecular complexity index is 295. The lowest BCUT2D eigenvalue weighted by Gasteiger charge is -2.12. The van der Waals surface area contributed by atoms with Crippen LogP contribution in [-0.2, 0) is 0 Å². The molecule has 0 radical (unpaired) electrons. The topological polar surface area (TPSA) is 30.2 Å². The van der Waals surface area contributed by atoms with Gasteiger partial charge in [-0.3, -0.25) is 0 Å². The van der Waals surface area contributed by atoms with E-state index in [1.807, 2.05) is 6.07 Å². The second-order valence-electron chi connectivity index (χ2n) is 3.56. The largest absolute Gasteiger partial charge is 0.433 e. The molecule has 0 aliphatic heterocycles. The lowest BCUT2D eigenvalue weighted by atomic mass is 10.5. The zero-order valence-electron chi connectivity index (χ0n) is 7.05. The Balaban J connectivity index is 3.16. The number of hydrogen-bond donors (Lipinski definition) is 0. The SMILES string of the molecule is C[Si](C)(C)c1cccc(=O)o1. The predicted molar refractivity (Wildman–Crippen MR) is 48.0 cm³/mol. The molecule has 0 aromatic carbocycles. The van der Waals surface area contributed by atoms with Gasteiger partial charge in [0.15, 0.2) is 0 Å². The maximum absolute atomic E-state index is 10.8. The monoisotopic (exact) mass is 168 g/mol.